The van der Waals surface area contributed by atoms with Gasteiger partial charge in [0.15, 0.2) is 17.3 Å². The molecular formula is C13H16FN3O2. The molecule has 2 aromatic rings. The van der Waals surface area contributed by atoms with Crippen molar-refractivity contribution in [3.8, 4) is 11.5 Å². The number of benzene rings is 1. The number of nitrogens with two attached hydrogens (primary N) is 1. The third kappa shape index (κ3) is 2.14. The van der Waals surface area contributed by atoms with Crippen molar-refractivity contribution in [3.63, 3.8) is 0 Å². The van der Waals surface area contributed by atoms with E-state index in [1.807, 2.05) is 20.8 Å². The van der Waals surface area contributed by atoms with E-state index < -0.39 is 11.6 Å². The SMILES string of the molecule is COc1cc2c(N)nc(C(C)(C)C)nc2c(F)c1O. The Hall–Kier alpha value is -2.11. The summed E-state index contributed by atoms with van der Waals surface area (Å²) < 4.78 is 19.0. The van der Waals surface area contributed by atoms with Crippen LogP contribution in [0.15, 0.2) is 6.07 Å². The zero-order valence-electron chi connectivity index (χ0n) is 11.3. The first kappa shape index (κ1) is 13.3. The number of phenols is 1. The molecule has 2 rings (SSSR count). The third-order valence-corrected chi connectivity index (χ3v) is 2.79. The van der Waals surface area contributed by atoms with Gasteiger partial charge in [-0.05, 0) is 6.07 Å². The summed E-state index contributed by atoms with van der Waals surface area (Å²) in [4.78, 5) is 8.34. The molecule has 0 saturated heterocycles. The van der Waals surface area contributed by atoms with Crippen molar-refractivity contribution in [1.82, 2.24) is 9.97 Å². The maximum absolute atomic E-state index is 14.1. The van der Waals surface area contributed by atoms with Gasteiger partial charge in [0.1, 0.15) is 17.2 Å². The van der Waals surface area contributed by atoms with E-state index in [2.05, 4.69) is 9.97 Å². The van der Waals surface area contributed by atoms with Gasteiger partial charge in [-0.1, -0.05) is 20.8 Å². The zero-order valence-corrected chi connectivity index (χ0v) is 11.3. The largest absolute Gasteiger partial charge is 0.502 e. The first-order chi connectivity index (χ1) is 8.75. The number of aromatic hydroxyl groups is 1. The van der Waals surface area contributed by atoms with Gasteiger partial charge in [-0.2, -0.15) is 0 Å². The maximum atomic E-state index is 14.1. The topological polar surface area (TPSA) is 81.3 Å². The highest BCUT2D eigenvalue weighted by Crippen LogP contribution is 2.36. The highest BCUT2D eigenvalue weighted by molar-refractivity contribution is 5.91. The van der Waals surface area contributed by atoms with E-state index in [-0.39, 0.29) is 22.5 Å². The van der Waals surface area contributed by atoms with Crippen molar-refractivity contribution in [3.05, 3.63) is 17.7 Å². The Morgan fingerprint density at radius 2 is 1.95 bits per heavy atom. The van der Waals surface area contributed by atoms with Crippen LogP contribution in [-0.2, 0) is 5.41 Å². The third-order valence-electron chi connectivity index (χ3n) is 2.79. The Labute approximate surface area is 110 Å². The molecule has 0 bridgehead atoms. The van der Waals surface area contributed by atoms with Crippen molar-refractivity contribution in [2.75, 3.05) is 12.8 Å². The highest BCUT2D eigenvalue weighted by atomic mass is 19.1. The Kier molecular flexibility index (Phi) is 2.96. The molecule has 0 atom stereocenters. The van der Waals surface area contributed by atoms with Crippen LogP contribution in [0, 0.1) is 5.82 Å². The van der Waals surface area contributed by atoms with Gasteiger partial charge in [0.2, 0.25) is 0 Å². The second-order valence-electron chi connectivity index (χ2n) is 5.32. The fraction of sp³-hybridized carbons (Fsp3) is 0.385. The lowest BCUT2D eigenvalue weighted by molar-refractivity contribution is 0.359. The Bertz CT molecular complexity index is 651. The second kappa shape index (κ2) is 4.22. The second-order valence-corrected chi connectivity index (χ2v) is 5.32. The number of hydrogen-bond acceptors (Lipinski definition) is 5. The molecule has 1 aromatic carbocycles. The van der Waals surface area contributed by atoms with Crippen molar-refractivity contribution in [2.24, 2.45) is 0 Å². The molecule has 6 heteroatoms. The Morgan fingerprint density at radius 1 is 1.32 bits per heavy atom. The van der Waals surface area contributed by atoms with Crippen LogP contribution in [0.3, 0.4) is 0 Å². The summed E-state index contributed by atoms with van der Waals surface area (Å²) in [6, 6.07) is 1.43. The van der Waals surface area contributed by atoms with Crippen LogP contribution in [-0.4, -0.2) is 22.2 Å². The number of halogens is 1. The van der Waals surface area contributed by atoms with Gasteiger partial charge in [0.05, 0.1) is 7.11 Å². The fourth-order valence-electron chi connectivity index (χ4n) is 1.71. The Balaban J connectivity index is 2.86. The monoisotopic (exact) mass is 265 g/mol. The summed E-state index contributed by atoms with van der Waals surface area (Å²) in [7, 11) is 1.33. The summed E-state index contributed by atoms with van der Waals surface area (Å²) >= 11 is 0. The summed E-state index contributed by atoms with van der Waals surface area (Å²) in [5, 5.41) is 10.00. The number of methoxy groups -OCH3 is 1. The van der Waals surface area contributed by atoms with Gasteiger partial charge in [0.25, 0.3) is 0 Å². The molecule has 0 aliphatic heterocycles. The molecule has 102 valence electrons. The average molecular weight is 265 g/mol. The normalized spacial score (nSPS) is 11.8. The smallest absolute Gasteiger partial charge is 0.196 e. The number of anilines is 1. The lowest BCUT2D eigenvalue weighted by Gasteiger charge is -2.18. The molecule has 1 heterocycles. The molecule has 0 saturated carbocycles. The molecule has 0 aliphatic rings. The molecule has 5 nitrogen and oxygen atoms in total. The number of rotatable bonds is 1. The van der Waals surface area contributed by atoms with Gasteiger partial charge in [-0.3, -0.25) is 0 Å². The van der Waals surface area contributed by atoms with E-state index in [1.54, 1.807) is 0 Å². The van der Waals surface area contributed by atoms with E-state index in [9.17, 15) is 9.50 Å². The minimum absolute atomic E-state index is 0.00353. The Morgan fingerprint density at radius 3 is 2.47 bits per heavy atom. The van der Waals surface area contributed by atoms with Gasteiger partial charge in [-0.15, -0.1) is 0 Å². The highest BCUT2D eigenvalue weighted by Gasteiger charge is 2.23. The quantitative estimate of drug-likeness (QED) is 0.827. The van der Waals surface area contributed by atoms with Crippen LogP contribution >= 0.6 is 0 Å². The minimum atomic E-state index is -0.853. The minimum Gasteiger partial charge on any atom is -0.502 e. The van der Waals surface area contributed by atoms with Crippen molar-refractivity contribution in [1.29, 1.82) is 0 Å². The summed E-state index contributed by atoms with van der Waals surface area (Å²) in [5.41, 5.74) is 5.47. The van der Waals surface area contributed by atoms with Gasteiger partial charge in [-0.25, -0.2) is 14.4 Å². The number of phenolic OH excluding ortho intramolecular Hbond substituents is 1. The van der Waals surface area contributed by atoms with E-state index in [1.165, 1.54) is 13.2 Å². The number of fused-ring (bicyclic) bond motifs is 1. The molecular weight excluding hydrogens is 249 g/mol. The predicted molar refractivity (Wildman–Crippen MR) is 70.8 cm³/mol. The van der Waals surface area contributed by atoms with Gasteiger partial charge in [0, 0.05) is 10.8 Å². The van der Waals surface area contributed by atoms with Crippen molar-refractivity contribution < 1.29 is 14.2 Å². The van der Waals surface area contributed by atoms with Crippen LogP contribution in [0.1, 0.15) is 26.6 Å². The standard InChI is InChI=1S/C13H16FN3O2/c1-13(2,3)12-16-9-6(11(15)17-12)5-7(19-4)10(18)8(9)14/h5,18H,1-4H3,(H2,15,16,17). The molecule has 0 fully saturated rings. The number of nitrogens with zero attached hydrogens (tertiary/aromatic N) is 2. The number of hydrogen-bond donors (Lipinski definition) is 2. The molecule has 0 aliphatic carbocycles. The molecule has 0 unspecified atom stereocenters. The summed E-state index contributed by atoms with van der Waals surface area (Å²) in [5.74, 6) is -0.848. The molecule has 1 aromatic heterocycles. The van der Waals surface area contributed by atoms with Gasteiger partial charge >= 0.3 is 0 Å². The van der Waals surface area contributed by atoms with E-state index >= 15 is 0 Å². The van der Waals surface area contributed by atoms with Crippen LogP contribution in [0.5, 0.6) is 11.5 Å². The summed E-state index contributed by atoms with van der Waals surface area (Å²) in [6.45, 7) is 5.69. The number of nitrogen functional groups attached to an aromatic ring is 1. The van der Waals surface area contributed by atoms with Crippen LogP contribution < -0.4 is 10.5 Å². The average Bonchev–Trinajstić information content (AvgIpc) is 2.32. The molecule has 0 amide bonds. The molecule has 0 radical (unpaired) electrons. The zero-order chi connectivity index (χ0) is 14.4. The molecule has 3 N–H and O–H groups in total. The predicted octanol–water partition coefficient (Wildman–Crippen LogP) is 2.36. The lowest BCUT2D eigenvalue weighted by atomic mass is 9.95. The van der Waals surface area contributed by atoms with E-state index in [4.69, 9.17) is 10.5 Å². The molecule has 0 spiro atoms. The van der Waals surface area contributed by atoms with Crippen molar-refractivity contribution >= 4 is 16.7 Å². The fourth-order valence-corrected chi connectivity index (χ4v) is 1.71. The number of aromatic nitrogens is 2. The van der Waals surface area contributed by atoms with Crippen molar-refractivity contribution in [2.45, 2.75) is 26.2 Å². The maximum Gasteiger partial charge on any atom is 0.196 e. The van der Waals surface area contributed by atoms with Crippen LogP contribution in [0.2, 0.25) is 0 Å². The summed E-state index contributed by atoms with van der Waals surface area (Å²) in [6.07, 6.45) is 0. The first-order valence-corrected chi connectivity index (χ1v) is 5.79. The van der Waals surface area contributed by atoms with Crippen LogP contribution in [0.25, 0.3) is 10.9 Å². The number of ether oxygens (including phenoxy) is 1. The van der Waals surface area contributed by atoms with Crippen LogP contribution in [0.4, 0.5) is 10.2 Å². The van der Waals surface area contributed by atoms with E-state index in [0.717, 1.165) is 0 Å². The lowest BCUT2D eigenvalue weighted by Crippen LogP contribution is -2.17. The van der Waals surface area contributed by atoms with Gasteiger partial charge < -0.3 is 15.6 Å². The van der Waals surface area contributed by atoms with E-state index in [0.29, 0.717) is 11.2 Å². The molecule has 19 heavy (non-hydrogen) atoms. The first-order valence-electron chi connectivity index (χ1n) is 5.79.